The van der Waals surface area contributed by atoms with Gasteiger partial charge in [0.25, 0.3) is 0 Å². The molecule has 1 saturated heterocycles. The number of hydrogen-bond acceptors (Lipinski definition) is 2. The first-order valence-electron chi connectivity index (χ1n) is 4.52. The van der Waals surface area contributed by atoms with Gasteiger partial charge in [0.05, 0.1) is 0 Å². The third-order valence-electron chi connectivity index (χ3n) is 2.74. The summed E-state index contributed by atoms with van der Waals surface area (Å²) < 4.78 is 0. The second-order valence-electron chi connectivity index (χ2n) is 3.90. The Morgan fingerprint density at radius 2 is 2.27 bits per heavy atom. The molecular weight excluding hydrogens is 138 g/mol. The van der Waals surface area contributed by atoms with E-state index in [1.54, 1.807) is 0 Å². The molecule has 0 radical (unpaired) electrons. The Morgan fingerprint density at radius 1 is 1.55 bits per heavy atom. The van der Waals surface area contributed by atoms with Crippen molar-refractivity contribution in [3.63, 3.8) is 0 Å². The normalized spacial score (nSPS) is 33.0. The maximum atomic E-state index is 9.24. The van der Waals surface area contributed by atoms with E-state index in [4.69, 9.17) is 0 Å². The van der Waals surface area contributed by atoms with Crippen LogP contribution in [0.5, 0.6) is 0 Å². The van der Waals surface area contributed by atoms with Crippen LogP contribution in [0.2, 0.25) is 0 Å². The minimum Gasteiger partial charge on any atom is -0.396 e. The SMILES string of the molecule is CCCC1(CO)CCN(C)C1. The molecule has 0 aromatic carbocycles. The first-order valence-corrected chi connectivity index (χ1v) is 4.52. The van der Waals surface area contributed by atoms with E-state index in [1.807, 2.05) is 0 Å². The highest BCUT2D eigenvalue weighted by atomic mass is 16.3. The minimum absolute atomic E-state index is 0.240. The predicted octanol–water partition coefficient (Wildman–Crippen LogP) is 1.10. The Labute approximate surface area is 69.2 Å². The molecule has 1 N–H and O–H groups in total. The van der Waals surface area contributed by atoms with E-state index in [1.165, 1.54) is 19.3 Å². The summed E-state index contributed by atoms with van der Waals surface area (Å²) in [5.74, 6) is 0. The summed E-state index contributed by atoms with van der Waals surface area (Å²) >= 11 is 0. The third-order valence-corrected chi connectivity index (χ3v) is 2.74. The molecular formula is C9H19NO. The van der Waals surface area contributed by atoms with E-state index in [0.29, 0.717) is 6.61 Å². The standard InChI is InChI=1S/C9H19NO/c1-3-4-9(8-11)5-6-10(2)7-9/h11H,3-8H2,1-2H3. The molecule has 0 aliphatic carbocycles. The van der Waals surface area contributed by atoms with Gasteiger partial charge in [-0.25, -0.2) is 0 Å². The smallest absolute Gasteiger partial charge is 0.0500 e. The van der Waals surface area contributed by atoms with E-state index in [2.05, 4.69) is 18.9 Å². The van der Waals surface area contributed by atoms with Crippen LogP contribution in [0.3, 0.4) is 0 Å². The van der Waals surface area contributed by atoms with Crippen molar-refractivity contribution in [2.24, 2.45) is 5.41 Å². The second-order valence-corrected chi connectivity index (χ2v) is 3.90. The van der Waals surface area contributed by atoms with E-state index in [0.717, 1.165) is 13.1 Å². The Morgan fingerprint density at radius 3 is 2.64 bits per heavy atom. The van der Waals surface area contributed by atoms with Gasteiger partial charge in [-0.15, -0.1) is 0 Å². The largest absolute Gasteiger partial charge is 0.396 e. The summed E-state index contributed by atoms with van der Waals surface area (Å²) in [6.45, 7) is 4.79. The fourth-order valence-electron chi connectivity index (χ4n) is 2.10. The molecule has 1 unspecified atom stereocenters. The van der Waals surface area contributed by atoms with Gasteiger partial charge in [-0.05, 0) is 26.4 Å². The number of likely N-dealkylation sites (tertiary alicyclic amines) is 1. The van der Waals surface area contributed by atoms with Gasteiger partial charge in [0, 0.05) is 18.6 Å². The maximum Gasteiger partial charge on any atom is 0.0500 e. The molecule has 1 fully saturated rings. The number of hydrogen-bond donors (Lipinski definition) is 1. The average molecular weight is 157 g/mol. The lowest BCUT2D eigenvalue weighted by atomic mass is 9.83. The van der Waals surface area contributed by atoms with Crippen LogP contribution in [0.15, 0.2) is 0 Å². The van der Waals surface area contributed by atoms with Gasteiger partial charge >= 0.3 is 0 Å². The molecule has 11 heavy (non-hydrogen) atoms. The molecule has 1 rings (SSSR count). The average Bonchev–Trinajstić information content (AvgIpc) is 2.34. The molecule has 2 heteroatoms. The minimum atomic E-state index is 0.240. The molecule has 0 aromatic rings. The van der Waals surface area contributed by atoms with Gasteiger partial charge in [-0.3, -0.25) is 0 Å². The summed E-state index contributed by atoms with van der Waals surface area (Å²) in [7, 11) is 2.13. The number of aliphatic hydroxyl groups is 1. The molecule has 1 aliphatic rings. The van der Waals surface area contributed by atoms with Crippen molar-refractivity contribution < 1.29 is 5.11 Å². The summed E-state index contributed by atoms with van der Waals surface area (Å²) in [6, 6.07) is 0. The maximum absolute atomic E-state index is 9.24. The topological polar surface area (TPSA) is 23.5 Å². The molecule has 1 atom stereocenters. The predicted molar refractivity (Wildman–Crippen MR) is 46.5 cm³/mol. The fourth-order valence-corrected chi connectivity index (χ4v) is 2.10. The van der Waals surface area contributed by atoms with Crippen molar-refractivity contribution >= 4 is 0 Å². The Hall–Kier alpha value is -0.0800. The number of rotatable bonds is 3. The monoisotopic (exact) mass is 157 g/mol. The molecule has 0 bridgehead atoms. The van der Waals surface area contributed by atoms with Crippen LogP contribution in [0.25, 0.3) is 0 Å². The van der Waals surface area contributed by atoms with Crippen LogP contribution in [0.1, 0.15) is 26.2 Å². The van der Waals surface area contributed by atoms with Crippen molar-refractivity contribution in [2.75, 3.05) is 26.7 Å². The molecule has 1 heterocycles. The Kier molecular flexibility index (Phi) is 2.90. The highest BCUT2D eigenvalue weighted by Crippen LogP contribution is 2.33. The molecule has 0 amide bonds. The quantitative estimate of drug-likeness (QED) is 0.663. The zero-order valence-electron chi connectivity index (χ0n) is 7.64. The molecule has 0 aromatic heterocycles. The lowest BCUT2D eigenvalue weighted by Gasteiger charge is -2.25. The van der Waals surface area contributed by atoms with Crippen molar-refractivity contribution in [1.82, 2.24) is 4.90 Å². The number of nitrogens with zero attached hydrogens (tertiary/aromatic N) is 1. The zero-order chi connectivity index (χ0) is 8.32. The highest BCUT2D eigenvalue weighted by molar-refractivity contribution is 4.87. The molecule has 1 aliphatic heterocycles. The molecule has 0 saturated carbocycles. The molecule has 66 valence electrons. The van der Waals surface area contributed by atoms with Crippen LogP contribution in [-0.2, 0) is 0 Å². The van der Waals surface area contributed by atoms with Gasteiger partial charge in [0.2, 0.25) is 0 Å². The third kappa shape index (κ3) is 1.94. The Bertz CT molecular complexity index is 123. The lowest BCUT2D eigenvalue weighted by molar-refractivity contribution is 0.122. The van der Waals surface area contributed by atoms with Crippen LogP contribution in [-0.4, -0.2) is 36.8 Å². The molecule has 2 nitrogen and oxygen atoms in total. The van der Waals surface area contributed by atoms with Gasteiger partial charge in [0.1, 0.15) is 0 Å². The van der Waals surface area contributed by atoms with Crippen LogP contribution >= 0.6 is 0 Å². The molecule has 0 spiro atoms. The van der Waals surface area contributed by atoms with E-state index >= 15 is 0 Å². The van der Waals surface area contributed by atoms with Crippen molar-refractivity contribution in [3.8, 4) is 0 Å². The van der Waals surface area contributed by atoms with Crippen LogP contribution < -0.4 is 0 Å². The zero-order valence-corrected chi connectivity index (χ0v) is 7.64. The van der Waals surface area contributed by atoms with Crippen LogP contribution in [0.4, 0.5) is 0 Å². The second kappa shape index (κ2) is 3.55. The lowest BCUT2D eigenvalue weighted by Crippen LogP contribution is -2.28. The summed E-state index contributed by atoms with van der Waals surface area (Å²) in [5.41, 5.74) is 0.240. The van der Waals surface area contributed by atoms with Gasteiger partial charge in [-0.2, -0.15) is 0 Å². The first kappa shape index (κ1) is 9.01. The Balaban J connectivity index is 2.48. The van der Waals surface area contributed by atoms with Crippen molar-refractivity contribution in [2.45, 2.75) is 26.2 Å². The highest BCUT2D eigenvalue weighted by Gasteiger charge is 2.34. The summed E-state index contributed by atoms with van der Waals surface area (Å²) in [4.78, 5) is 2.31. The summed E-state index contributed by atoms with van der Waals surface area (Å²) in [6.07, 6.45) is 3.54. The number of aliphatic hydroxyl groups excluding tert-OH is 1. The van der Waals surface area contributed by atoms with Gasteiger partial charge < -0.3 is 10.0 Å². The van der Waals surface area contributed by atoms with E-state index in [9.17, 15) is 5.11 Å². The fraction of sp³-hybridized carbons (Fsp3) is 1.00. The first-order chi connectivity index (χ1) is 5.22. The van der Waals surface area contributed by atoms with Gasteiger partial charge in [-0.1, -0.05) is 13.3 Å². The van der Waals surface area contributed by atoms with Crippen molar-refractivity contribution in [1.29, 1.82) is 0 Å². The summed E-state index contributed by atoms with van der Waals surface area (Å²) in [5, 5.41) is 9.24. The van der Waals surface area contributed by atoms with E-state index < -0.39 is 0 Å². The van der Waals surface area contributed by atoms with Crippen LogP contribution in [0, 0.1) is 5.41 Å². The van der Waals surface area contributed by atoms with Crippen molar-refractivity contribution in [3.05, 3.63) is 0 Å². The van der Waals surface area contributed by atoms with Gasteiger partial charge in [0.15, 0.2) is 0 Å². The van der Waals surface area contributed by atoms with E-state index in [-0.39, 0.29) is 5.41 Å².